The number of ether oxygens (including phenoxy) is 2. The third-order valence-corrected chi connectivity index (χ3v) is 6.96. The largest absolute Gasteiger partial charge is 0.497 e. The Morgan fingerprint density at radius 3 is 2.32 bits per heavy atom. The van der Waals surface area contributed by atoms with Crippen molar-refractivity contribution in [3.63, 3.8) is 0 Å². The standard InChI is InChI=1S/C21H28O4/c1-20(2)15-11-12-21(20,3)18(13-15)25-19(23)10-9-17(22)14-5-7-16(24-4)8-6-14/h5-8,15,18H,9-13H2,1-4H3/t15-,18+,21-/m0/s1. The molecule has 0 radical (unpaired) electrons. The van der Waals surface area contributed by atoms with Crippen molar-refractivity contribution in [2.45, 2.75) is 59.0 Å². The van der Waals surface area contributed by atoms with Gasteiger partial charge in [0.05, 0.1) is 13.5 Å². The Hall–Kier alpha value is -1.84. The van der Waals surface area contributed by atoms with Crippen molar-refractivity contribution in [3.05, 3.63) is 29.8 Å². The smallest absolute Gasteiger partial charge is 0.306 e. The maximum Gasteiger partial charge on any atom is 0.306 e. The second-order valence-corrected chi connectivity index (χ2v) is 8.24. The maximum atomic E-state index is 12.3. The van der Waals surface area contributed by atoms with E-state index >= 15 is 0 Å². The molecule has 4 nitrogen and oxygen atoms in total. The van der Waals surface area contributed by atoms with Crippen molar-refractivity contribution in [1.29, 1.82) is 0 Å². The Labute approximate surface area is 149 Å². The quantitative estimate of drug-likeness (QED) is 0.566. The highest BCUT2D eigenvalue weighted by atomic mass is 16.5. The van der Waals surface area contributed by atoms with Crippen LogP contribution in [0.5, 0.6) is 5.75 Å². The fourth-order valence-electron chi connectivity index (χ4n) is 4.66. The molecule has 2 fully saturated rings. The molecule has 2 saturated carbocycles. The molecule has 0 saturated heterocycles. The molecule has 1 aromatic rings. The molecular formula is C21H28O4. The van der Waals surface area contributed by atoms with Crippen molar-refractivity contribution in [1.82, 2.24) is 0 Å². The lowest BCUT2D eigenvalue weighted by molar-refractivity contribution is -0.156. The van der Waals surface area contributed by atoms with Crippen LogP contribution in [-0.2, 0) is 9.53 Å². The summed E-state index contributed by atoms with van der Waals surface area (Å²) in [5.41, 5.74) is 0.881. The summed E-state index contributed by atoms with van der Waals surface area (Å²) < 4.78 is 10.9. The van der Waals surface area contributed by atoms with Crippen LogP contribution in [0.15, 0.2) is 24.3 Å². The number of carbonyl (C=O) groups excluding carboxylic acids is 2. The topological polar surface area (TPSA) is 52.6 Å². The van der Waals surface area contributed by atoms with Crippen LogP contribution in [0.1, 0.15) is 63.2 Å². The summed E-state index contributed by atoms with van der Waals surface area (Å²) in [6, 6.07) is 6.96. The molecular weight excluding hydrogens is 316 g/mol. The van der Waals surface area contributed by atoms with E-state index in [1.807, 2.05) is 0 Å². The Morgan fingerprint density at radius 1 is 1.12 bits per heavy atom. The lowest BCUT2D eigenvalue weighted by Crippen LogP contribution is -2.38. The SMILES string of the molecule is COc1ccc(C(=O)CCC(=O)O[C@@H]2C[C@@H]3CC[C@]2(C)C3(C)C)cc1. The second kappa shape index (κ2) is 6.47. The summed E-state index contributed by atoms with van der Waals surface area (Å²) in [5, 5.41) is 0. The molecule has 2 aliphatic rings. The van der Waals surface area contributed by atoms with E-state index in [1.165, 1.54) is 6.42 Å². The van der Waals surface area contributed by atoms with E-state index in [0.717, 1.165) is 12.8 Å². The first-order chi connectivity index (χ1) is 11.8. The van der Waals surface area contributed by atoms with Crippen LogP contribution in [0.25, 0.3) is 0 Å². The van der Waals surface area contributed by atoms with Crippen LogP contribution in [0.3, 0.4) is 0 Å². The average Bonchev–Trinajstić information content (AvgIpc) is 2.93. The Balaban J connectivity index is 1.52. The second-order valence-electron chi connectivity index (χ2n) is 8.24. The van der Waals surface area contributed by atoms with E-state index < -0.39 is 0 Å². The molecule has 0 aromatic heterocycles. The average molecular weight is 344 g/mol. The highest BCUT2D eigenvalue weighted by Gasteiger charge is 2.62. The monoisotopic (exact) mass is 344 g/mol. The number of ketones is 1. The molecule has 3 rings (SSSR count). The minimum atomic E-state index is -0.253. The number of esters is 1. The first-order valence-electron chi connectivity index (χ1n) is 9.14. The zero-order valence-corrected chi connectivity index (χ0v) is 15.6. The Kier molecular flexibility index (Phi) is 4.65. The maximum absolute atomic E-state index is 12.3. The number of fused-ring (bicyclic) bond motifs is 2. The highest BCUT2D eigenvalue weighted by Crippen LogP contribution is 2.66. The minimum Gasteiger partial charge on any atom is -0.497 e. The van der Waals surface area contributed by atoms with E-state index in [2.05, 4.69) is 20.8 Å². The van der Waals surface area contributed by atoms with Gasteiger partial charge < -0.3 is 9.47 Å². The molecule has 25 heavy (non-hydrogen) atoms. The van der Waals surface area contributed by atoms with Gasteiger partial charge in [0.2, 0.25) is 0 Å². The van der Waals surface area contributed by atoms with Crippen LogP contribution in [0.2, 0.25) is 0 Å². The van der Waals surface area contributed by atoms with Gasteiger partial charge in [-0.2, -0.15) is 0 Å². The Morgan fingerprint density at radius 2 is 1.80 bits per heavy atom. The lowest BCUT2D eigenvalue weighted by Gasteiger charge is -2.38. The fourth-order valence-corrected chi connectivity index (χ4v) is 4.66. The number of hydrogen-bond donors (Lipinski definition) is 0. The van der Waals surface area contributed by atoms with Gasteiger partial charge in [0.25, 0.3) is 0 Å². The van der Waals surface area contributed by atoms with Crippen molar-refractivity contribution in [3.8, 4) is 5.75 Å². The number of hydrogen-bond acceptors (Lipinski definition) is 4. The molecule has 4 heteroatoms. The van der Waals surface area contributed by atoms with Gasteiger partial charge in [-0.05, 0) is 54.9 Å². The lowest BCUT2D eigenvalue weighted by atomic mass is 9.70. The Bertz CT molecular complexity index is 661. The number of methoxy groups -OCH3 is 1. The van der Waals surface area contributed by atoms with Crippen LogP contribution in [0.4, 0.5) is 0 Å². The predicted octanol–water partition coefficient (Wildman–Crippen LogP) is 4.42. The van der Waals surface area contributed by atoms with E-state index in [4.69, 9.17) is 9.47 Å². The zero-order chi connectivity index (χ0) is 18.2. The molecule has 2 bridgehead atoms. The van der Waals surface area contributed by atoms with Gasteiger partial charge in [-0.25, -0.2) is 0 Å². The molecule has 0 aliphatic heterocycles. The molecule has 2 aliphatic carbocycles. The van der Waals surface area contributed by atoms with E-state index in [1.54, 1.807) is 31.4 Å². The van der Waals surface area contributed by atoms with Gasteiger partial charge in [-0.1, -0.05) is 20.8 Å². The van der Waals surface area contributed by atoms with E-state index in [0.29, 0.717) is 17.2 Å². The van der Waals surface area contributed by atoms with Gasteiger partial charge in [-0.3, -0.25) is 9.59 Å². The van der Waals surface area contributed by atoms with Crippen LogP contribution in [0, 0.1) is 16.7 Å². The highest BCUT2D eigenvalue weighted by molar-refractivity contribution is 5.97. The molecule has 1 aromatic carbocycles. The van der Waals surface area contributed by atoms with Crippen LogP contribution >= 0.6 is 0 Å². The van der Waals surface area contributed by atoms with Gasteiger partial charge >= 0.3 is 5.97 Å². The normalized spacial score (nSPS) is 29.4. The molecule has 0 amide bonds. The van der Waals surface area contributed by atoms with Crippen LogP contribution in [-0.4, -0.2) is 25.0 Å². The number of carbonyl (C=O) groups is 2. The van der Waals surface area contributed by atoms with Gasteiger partial charge in [0, 0.05) is 17.4 Å². The van der Waals surface area contributed by atoms with Crippen molar-refractivity contribution in [2.75, 3.05) is 7.11 Å². The summed E-state index contributed by atoms with van der Waals surface area (Å²) in [6.07, 6.45) is 3.62. The first-order valence-corrected chi connectivity index (χ1v) is 9.14. The predicted molar refractivity (Wildman–Crippen MR) is 95.7 cm³/mol. The summed E-state index contributed by atoms with van der Waals surface area (Å²) >= 11 is 0. The summed E-state index contributed by atoms with van der Waals surface area (Å²) in [7, 11) is 1.59. The molecule has 0 N–H and O–H groups in total. The van der Waals surface area contributed by atoms with E-state index in [-0.39, 0.29) is 41.5 Å². The first kappa shape index (κ1) is 18.0. The van der Waals surface area contributed by atoms with Crippen LogP contribution < -0.4 is 4.74 Å². The summed E-state index contributed by atoms with van der Waals surface area (Å²) in [4.78, 5) is 24.5. The molecule has 136 valence electrons. The fraction of sp³-hybridized carbons (Fsp3) is 0.619. The number of benzene rings is 1. The van der Waals surface area contributed by atoms with Crippen molar-refractivity contribution < 1.29 is 19.1 Å². The zero-order valence-electron chi connectivity index (χ0n) is 15.6. The van der Waals surface area contributed by atoms with Gasteiger partial charge in [-0.15, -0.1) is 0 Å². The minimum absolute atomic E-state index is 0.00941. The summed E-state index contributed by atoms with van der Waals surface area (Å²) in [6.45, 7) is 6.85. The van der Waals surface area contributed by atoms with Gasteiger partial charge in [0.15, 0.2) is 5.78 Å². The number of Topliss-reactive ketones (excluding diaryl/α,β-unsaturated/α-hetero) is 1. The third kappa shape index (κ3) is 3.07. The molecule has 0 heterocycles. The van der Waals surface area contributed by atoms with Crippen molar-refractivity contribution >= 4 is 11.8 Å². The van der Waals surface area contributed by atoms with Crippen molar-refractivity contribution in [2.24, 2.45) is 16.7 Å². The van der Waals surface area contributed by atoms with Gasteiger partial charge in [0.1, 0.15) is 11.9 Å². The molecule has 0 unspecified atom stereocenters. The summed E-state index contributed by atoms with van der Waals surface area (Å²) in [5.74, 6) is 1.05. The molecule has 0 spiro atoms. The third-order valence-electron chi connectivity index (χ3n) is 6.96. The number of rotatable bonds is 6. The molecule has 3 atom stereocenters. The van der Waals surface area contributed by atoms with E-state index in [9.17, 15) is 9.59 Å².